The maximum atomic E-state index is 12.6. The van der Waals surface area contributed by atoms with Crippen LogP contribution in [0, 0.1) is 5.92 Å². The molecule has 27 heavy (non-hydrogen) atoms. The van der Waals surface area contributed by atoms with Crippen LogP contribution in [0.2, 0.25) is 0 Å². The van der Waals surface area contributed by atoms with E-state index in [1.54, 1.807) is 17.2 Å². The second kappa shape index (κ2) is 7.34. The van der Waals surface area contributed by atoms with Gasteiger partial charge in [0.1, 0.15) is 19.0 Å². The van der Waals surface area contributed by atoms with Crippen molar-refractivity contribution >= 4 is 11.8 Å². The molecule has 2 aromatic rings. The van der Waals surface area contributed by atoms with Crippen molar-refractivity contribution in [2.75, 3.05) is 19.8 Å². The molecule has 142 valence electrons. The molecule has 1 N–H and O–H groups in total. The molecule has 0 aliphatic carbocycles. The van der Waals surface area contributed by atoms with Gasteiger partial charge in [0.25, 0.3) is 0 Å². The Morgan fingerprint density at radius 1 is 1.26 bits per heavy atom. The van der Waals surface area contributed by atoms with Crippen LogP contribution < -0.4 is 14.8 Å². The summed E-state index contributed by atoms with van der Waals surface area (Å²) in [6.07, 6.45) is 1.80. The van der Waals surface area contributed by atoms with Crippen molar-refractivity contribution in [3.63, 3.8) is 0 Å². The molecule has 2 atom stereocenters. The van der Waals surface area contributed by atoms with Crippen molar-refractivity contribution in [2.45, 2.75) is 25.9 Å². The fraction of sp³-hybridized carbons (Fsp3) is 0.400. The minimum absolute atomic E-state index is 0.0291. The first-order valence-electron chi connectivity index (χ1n) is 9.10. The molecule has 1 fully saturated rings. The smallest absolute Gasteiger partial charge is 0.225 e. The number of rotatable bonds is 5. The van der Waals surface area contributed by atoms with E-state index in [2.05, 4.69) is 5.32 Å². The zero-order chi connectivity index (χ0) is 18.8. The van der Waals surface area contributed by atoms with Gasteiger partial charge >= 0.3 is 0 Å². The molecule has 7 nitrogen and oxygen atoms in total. The minimum atomic E-state index is -0.355. The molecule has 4 rings (SSSR count). The molecule has 1 aromatic carbocycles. The number of carbonyl (C=O) groups excluding carboxylic acids is 2. The molecule has 7 heteroatoms. The highest BCUT2D eigenvalue weighted by molar-refractivity contribution is 5.89. The largest absolute Gasteiger partial charge is 0.486 e. The minimum Gasteiger partial charge on any atom is -0.486 e. The van der Waals surface area contributed by atoms with E-state index in [-0.39, 0.29) is 30.2 Å². The number of hydrogen-bond donors (Lipinski definition) is 1. The maximum absolute atomic E-state index is 12.6. The van der Waals surface area contributed by atoms with E-state index in [0.29, 0.717) is 37.8 Å². The highest BCUT2D eigenvalue weighted by Gasteiger charge is 2.35. The van der Waals surface area contributed by atoms with Crippen molar-refractivity contribution in [1.29, 1.82) is 0 Å². The molecular formula is C20H22N2O5. The van der Waals surface area contributed by atoms with Crippen LogP contribution in [0.4, 0.5) is 0 Å². The average molecular weight is 370 g/mol. The Kier molecular flexibility index (Phi) is 4.75. The first-order valence-corrected chi connectivity index (χ1v) is 9.10. The van der Waals surface area contributed by atoms with E-state index in [4.69, 9.17) is 13.9 Å². The lowest BCUT2D eigenvalue weighted by Crippen LogP contribution is -2.34. The topological polar surface area (TPSA) is 81.0 Å². The number of nitrogens with zero attached hydrogens (tertiary/aromatic N) is 1. The summed E-state index contributed by atoms with van der Waals surface area (Å²) in [5.41, 5.74) is 0.935. The third kappa shape index (κ3) is 3.77. The number of benzene rings is 1. The van der Waals surface area contributed by atoms with Gasteiger partial charge in [0.15, 0.2) is 11.5 Å². The van der Waals surface area contributed by atoms with Gasteiger partial charge in [-0.25, -0.2) is 0 Å². The predicted octanol–water partition coefficient (Wildman–Crippen LogP) is 2.28. The molecule has 2 unspecified atom stereocenters. The van der Waals surface area contributed by atoms with E-state index in [9.17, 15) is 9.59 Å². The van der Waals surface area contributed by atoms with Crippen LogP contribution >= 0.6 is 0 Å². The SMILES string of the molecule is CC(NC(=O)C1CC(=O)N(Cc2ccco2)C1)c1ccc2c(c1)OCCO2. The van der Waals surface area contributed by atoms with E-state index in [1.807, 2.05) is 31.2 Å². The molecule has 0 radical (unpaired) electrons. The summed E-state index contributed by atoms with van der Waals surface area (Å²) in [7, 11) is 0. The number of carbonyl (C=O) groups is 2. The molecule has 0 bridgehead atoms. The maximum Gasteiger partial charge on any atom is 0.225 e. The quantitative estimate of drug-likeness (QED) is 0.873. The first-order chi connectivity index (χ1) is 13.1. The van der Waals surface area contributed by atoms with Gasteiger partial charge in [0.05, 0.1) is 24.8 Å². The fourth-order valence-electron chi connectivity index (χ4n) is 3.44. The van der Waals surface area contributed by atoms with E-state index >= 15 is 0 Å². The third-order valence-electron chi connectivity index (χ3n) is 4.94. The molecule has 1 saturated heterocycles. The highest BCUT2D eigenvalue weighted by Crippen LogP contribution is 2.32. The van der Waals surface area contributed by atoms with Gasteiger partial charge in [-0.15, -0.1) is 0 Å². The molecule has 3 heterocycles. The third-order valence-corrected chi connectivity index (χ3v) is 4.94. The molecule has 1 aromatic heterocycles. The Balaban J connectivity index is 1.36. The summed E-state index contributed by atoms with van der Waals surface area (Å²) in [5, 5.41) is 3.01. The van der Waals surface area contributed by atoms with Crippen molar-refractivity contribution in [3.05, 3.63) is 47.9 Å². The van der Waals surface area contributed by atoms with E-state index < -0.39 is 0 Å². The average Bonchev–Trinajstić information content (AvgIpc) is 3.32. The monoisotopic (exact) mass is 370 g/mol. The number of fused-ring (bicyclic) bond motifs is 1. The van der Waals surface area contributed by atoms with Crippen molar-refractivity contribution in [2.24, 2.45) is 5.92 Å². The number of hydrogen-bond acceptors (Lipinski definition) is 5. The number of ether oxygens (including phenoxy) is 2. The van der Waals surface area contributed by atoms with Gasteiger partial charge in [-0.2, -0.15) is 0 Å². The molecule has 2 aliphatic heterocycles. The molecule has 2 aliphatic rings. The Hall–Kier alpha value is -2.96. The molecule has 0 spiro atoms. The summed E-state index contributed by atoms with van der Waals surface area (Å²) in [5.74, 6) is 1.63. The van der Waals surface area contributed by atoms with Gasteiger partial charge in [-0.3, -0.25) is 9.59 Å². The van der Waals surface area contributed by atoms with Crippen LogP contribution in [0.25, 0.3) is 0 Å². The van der Waals surface area contributed by atoms with Gasteiger partial charge in [0, 0.05) is 13.0 Å². The Morgan fingerprint density at radius 2 is 2.07 bits per heavy atom. The number of nitrogens with one attached hydrogen (secondary N) is 1. The lowest BCUT2D eigenvalue weighted by atomic mass is 10.0. The highest BCUT2D eigenvalue weighted by atomic mass is 16.6. The molecule has 2 amide bonds. The van der Waals surface area contributed by atoms with Crippen molar-refractivity contribution in [3.8, 4) is 11.5 Å². The lowest BCUT2D eigenvalue weighted by Gasteiger charge is -2.22. The summed E-state index contributed by atoms with van der Waals surface area (Å²) >= 11 is 0. The van der Waals surface area contributed by atoms with Crippen molar-refractivity contribution in [1.82, 2.24) is 10.2 Å². The molecule has 0 saturated carbocycles. The fourth-order valence-corrected chi connectivity index (χ4v) is 3.44. The van der Waals surface area contributed by atoms with Crippen LogP contribution in [-0.2, 0) is 16.1 Å². The van der Waals surface area contributed by atoms with Crippen molar-refractivity contribution < 1.29 is 23.5 Å². The summed E-state index contributed by atoms with van der Waals surface area (Å²) in [6.45, 7) is 3.78. The number of furan rings is 1. The Morgan fingerprint density at radius 3 is 2.85 bits per heavy atom. The van der Waals surface area contributed by atoms with E-state index in [1.165, 1.54) is 0 Å². The second-order valence-corrected chi connectivity index (χ2v) is 6.89. The van der Waals surface area contributed by atoms with Crippen LogP contribution in [-0.4, -0.2) is 36.5 Å². The van der Waals surface area contributed by atoms with E-state index in [0.717, 1.165) is 11.3 Å². The summed E-state index contributed by atoms with van der Waals surface area (Å²) < 4.78 is 16.4. The van der Waals surface area contributed by atoms with Gasteiger partial charge < -0.3 is 24.1 Å². The van der Waals surface area contributed by atoms with Gasteiger partial charge in [0.2, 0.25) is 11.8 Å². The molecular weight excluding hydrogens is 348 g/mol. The second-order valence-electron chi connectivity index (χ2n) is 6.89. The Labute approximate surface area is 157 Å². The van der Waals surface area contributed by atoms with Crippen LogP contribution in [0.1, 0.15) is 30.7 Å². The predicted molar refractivity (Wildman–Crippen MR) is 96.2 cm³/mol. The van der Waals surface area contributed by atoms with Crippen LogP contribution in [0.15, 0.2) is 41.0 Å². The van der Waals surface area contributed by atoms with Crippen LogP contribution in [0.5, 0.6) is 11.5 Å². The summed E-state index contributed by atoms with van der Waals surface area (Å²) in [4.78, 5) is 26.5. The normalized spacial score (nSPS) is 19.8. The lowest BCUT2D eigenvalue weighted by molar-refractivity contribution is -0.129. The Bertz CT molecular complexity index is 833. The zero-order valence-electron chi connectivity index (χ0n) is 15.1. The number of amides is 2. The van der Waals surface area contributed by atoms with Gasteiger partial charge in [-0.1, -0.05) is 6.07 Å². The standard InChI is InChI=1S/C20H22N2O5/c1-13(14-4-5-17-18(9-14)27-8-7-26-17)21-20(24)15-10-19(23)22(11-15)12-16-3-2-6-25-16/h2-6,9,13,15H,7-8,10-12H2,1H3,(H,21,24). The summed E-state index contributed by atoms with van der Waals surface area (Å²) in [6, 6.07) is 9.09. The zero-order valence-corrected chi connectivity index (χ0v) is 15.1. The van der Waals surface area contributed by atoms with Gasteiger partial charge in [-0.05, 0) is 36.8 Å². The first kappa shape index (κ1) is 17.5. The van der Waals surface area contributed by atoms with Crippen LogP contribution in [0.3, 0.4) is 0 Å². The number of likely N-dealkylation sites (tertiary alicyclic amines) is 1.